The fourth-order valence-electron chi connectivity index (χ4n) is 1.99. The summed E-state index contributed by atoms with van der Waals surface area (Å²) in [5, 5.41) is 2.85. The van der Waals surface area contributed by atoms with Crippen LogP contribution < -0.4 is 15.8 Å². The standard InChI is InChI=1S/C16H19N3O2/c1-21-15-5-3-2-4-13(15)8-9-18-16(20)14-7-6-12(10-17)11-19-14/h2-7,11H,8-10,17H2,1H3,(H,18,20). The first-order valence-corrected chi connectivity index (χ1v) is 6.79. The van der Waals surface area contributed by atoms with Crippen LogP contribution in [0.3, 0.4) is 0 Å². The van der Waals surface area contributed by atoms with Crippen molar-refractivity contribution in [2.24, 2.45) is 5.73 Å². The first-order valence-electron chi connectivity index (χ1n) is 6.79. The highest BCUT2D eigenvalue weighted by atomic mass is 16.5. The number of nitrogens with zero attached hydrogens (tertiary/aromatic N) is 1. The molecule has 1 aromatic heterocycles. The van der Waals surface area contributed by atoms with E-state index in [9.17, 15) is 4.79 Å². The van der Waals surface area contributed by atoms with Gasteiger partial charge in [0.25, 0.3) is 5.91 Å². The maximum atomic E-state index is 12.0. The smallest absolute Gasteiger partial charge is 0.269 e. The number of para-hydroxylation sites is 1. The van der Waals surface area contributed by atoms with Gasteiger partial charge < -0.3 is 15.8 Å². The molecule has 1 heterocycles. The van der Waals surface area contributed by atoms with Gasteiger partial charge >= 0.3 is 0 Å². The van der Waals surface area contributed by atoms with E-state index in [4.69, 9.17) is 10.5 Å². The van der Waals surface area contributed by atoms with Crippen molar-refractivity contribution in [2.45, 2.75) is 13.0 Å². The number of carbonyl (C=O) groups is 1. The monoisotopic (exact) mass is 285 g/mol. The minimum absolute atomic E-state index is 0.187. The molecular weight excluding hydrogens is 266 g/mol. The van der Waals surface area contributed by atoms with Crippen LogP contribution >= 0.6 is 0 Å². The third-order valence-electron chi connectivity index (χ3n) is 3.17. The maximum Gasteiger partial charge on any atom is 0.269 e. The lowest BCUT2D eigenvalue weighted by molar-refractivity contribution is 0.0949. The first-order chi connectivity index (χ1) is 10.2. The SMILES string of the molecule is COc1ccccc1CCNC(=O)c1ccc(CN)cn1. The van der Waals surface area contributed by atoms with E-state index < -0.39 is 0 Å². The molecule has 0 aliphatic rings. The molecule has 5 nitrogen and oxygen atoms in total. The zero-order valence-corrected chi connectivity index (χ0v) is 12.0. The van der Waals surface area contributed by atoms with Crippen LogP contribution in [0.5, 0.6) is 5.75 Å². The fraction of sp³-hybridized carbons (Fsp3) is 0.250. The summed E-state index contributed by atoms with van der Waals surface area (Å²) in [6.45, 7) is 0.947. The van der Waals surface area contributed by atoms with Gasteiger partial charge in [-0.2, -0.15) is 0 Å². The Bertz CT molecular complexity index is 597. The summed E-state index contributed by atoms with van der Waals surface area (Å²) in [7, 11) is 1.64. The molecule has 0 saturated heterocycles. The van der Waals surface area contributed by atoms with Crippen molar-refractivity contribution >= 4 is 5.91 Å². The van der Waals surface area contributed by atoms with Crippen LogP contribution in [-0.2, 0) is 13.0 Å². The van der Waals surface area contributed by atoms with E-state index in [1.807, 2.05) is 30.3 Å². The minimum atomic E-state index is -0.187. The van der Waals surface area contributed by atoms with Gasteiger partial charge in [-0.3, -0.25) is 9.78 Å². The highest BCUT2D eigenvalue weighted by Gasteiger charge is 2.07. The van der Waals surface area contributed by atoms with Crippen molar-refractivity contribution < 1.29 is 9.53 Å². The number of methoxy groups -OCH3 is 1. The van der Waals surface area contributed by atoms with Crippen molar-refractivity contribution in [3.63, 3.8) is 0 Å². The zero-order valence-electron chi connectivity index (χ0n) is 12.0. The quantitative estimate of drug-likeness (QED) is 0.843. The summed E-state index contributed by atoms with van der Waals surface area (Å²) in [4.78, 5) is 16.0. The molecule has 0 aliphatic carbocycles. The van der Waals surface area contributed by atoms with Gasteiger partial charge in [0, 0.05) is 19.3 Å². The average molecular weight is 285 g/mol. The predicted molar refractivity (Wildman–Crippen MR) is 81.2 cm³/mol. The van der Waals surface area contributed by atoms with Crippen LogP contribution in [0.1, 0.15) is 21.6 Å². The van der Waals surface area contributed by atoms with Gasteiger partial charge in [-0.15, -0.1) is 0 Å². The summed E-state index contributed by atoms with van der Waals surface area (Å²) >= 11 is 0. The molecule has 0 aliphatic heterocycles. The van der Waals surface area contributed by atoms with Crippen LogP contribution in [0.25, 0.3) is 0 Å². The summed E-state index contributed by atoms with van der Waals surface area (Å²) < 4.78 is 5.28. The van der Waals surface area contributed by atoms with Gasteiger partial charge in [0.1, 0.15) is 11.4 Å². The number of nitrogens with two attached hydrogens (primary N) is 1. The molecule has 0 atom stereocenters. The van der Waals surface area contributed by atoms with Crippen LogP contribution in [0.4, 0.5) is 0 Å². The van der Waals surface area contributed by atoms with Crippen LogP contribution in [0.15, 0.2) is 42.6 Å². The Kier molecular flexibility index (Phi) is 5.29. The Labute approximate surface area is 124 Å². The summed E-state index contributed by atoms with van der Waals surface area (Å²) in [5.74, 6) is 0.644. The van der Waals surface area contributed by atoms with Gasteiger partial charge in [0.2, 0.25) is 0 Å². The number of carbonyl (C=O) groups excluding carboxylic acids is 1. The largest absolute Gasteiger partial charge is 0.496 e. The molecule has 2 rings (SSSR count). The van der Waals surface area contributed by atoms with E-state index in [0.717, 1.165) is 16.9 Å². The molecule has 0 unspecified atom stereocenters. The molecule has 1 aromatic carbocycles. The van der Waals surface area contributed by atoms with Crippen LogP contribution in [-0.4, -0.2) is 24.5 Å². The lowest BCUT2D eigenvalue weighted by Gasteiger charge is -2.09. The molecule has 0 spiro atoms. The molecule has 0 radical (unpaired) electrons. The molecule has 5 heteroatoms. The Balaban J connectivity index is 1.89. The number of rotatable bonds is 6. The second kappa shape index (κ2) is 7.40. The molecular formula is C16H19N3O2. The summed E-state index contributed by atoms with van der Waals surface area (Å²) in [6, 6.07) is 11.3. The topological polar surface area (TPSA) is 77.2 Å². The first kappa shape index (κ1) is 15.0. The van der Waals surface area contributed by atoms with Crippen molar-refractivity contribution in [2.75, 3.05) is 13.7 Å². The molecule has 1 amide bonds. The van der Waals surface area contributed by atoms with Gasteiger partial charge in [0.15, 0.2) is 0 Å². The van der Waals surface area contributed by atoms with Gasteiger partial charge in [-0.1, -0.05) is 24.3 Å². The molecule has 21 heavy (non-hydrogen) atoms. The van der Waals surface area contributed by atoms with Gasteiger partial charge in [-0.25, -0.2) is 0 Å². The Hall–Kier alpha value is -2.40. The van der Waals surface area contributed by atoms with E-state index in [1.54, 1.807) is 19.4 Å². The van der Waals surface area contributed by atoms with Crippen molar-refractivity contribution in [1.29, 1.82) is 0 Å². The summed E-state index contributed by atoms with van der Waals surface area (Å²) in [6.07, 6.45) is 2.33. The Morgan fingerprint density at radius 3 is 2.76 bits per heavy atom. The lowest BCUT2D eigenvalue weighted by Crippen LogP contribution is -2.26. The summed E-state index contributed by atoms with van der Waals surface area (Å²) in [5.41, 5.74) is 7.86. The van der Waals surface area contributed by atoms with Crippen LogP contribution in [0.2, 0.25) is 0 Å². The molecule has 0 saturated carbocycles. The third kappa shape index (κ3) is 4.03. The zero-order chi connectivity index (χ0) is 15.1. The number of aromatic nitrogens is 1. The molecule has 110 valence electrons. The third-order valence-corrected chi connectivity index (χ3v) is 3.17. The maximum absolute atomic E-state index is 12.0. The van der Waals surface area contributed by atoms with Gasteiger partial charge in [-0.05, 0) is 29.7 Å². The Morgan fingerprint density at radius 2 is 2.10 bits per heavy atom. The number of ether oxygens (including phenoxy) is 1. The second-order valence-electron chi connectivity index (χ2n) is 4.57. The molecule has 3 N–H and O–H groups in total. The molecule has 2 aromatic rings. The number of hydrogen-bond donors (Lipinski definition) is 2. The van der Waals surface area contributed by atoms with E-state index in [1.165, 1.54) is 0 Å². The number of benzene rings is 1. The molecule has 0 bridgehead atoms. The van der Waals surface area contributed by atoms with E-state index in [0.29, 0.717) is 25.2 Å². The predicted octanol–water partition coefficient (Wildman–Crippen LogP) is 1.52. The normalized spacial score (nSPS) is 10.2. The highest BCUT2D eigenvalue weighted by Crippen LogP contribution is 2.17. The van der Waals surface area contributed by atoms with Crippen molar-refractivity contribution in [1.82, 2.24) is 10.3 Å². The van der Waals surface area contributed by atoms with E-state index >= 15 is 0 Å². The Morgan fingerprint density at radius 1 is 1.29 bits per heavy atom. The molecule has 0 fully saturated rings. The van der Waals surface area contributed by atoms with Crippen molar-refractivity contribution in [3.8, 4) is 5.75 Å². The number of hydrogen-bond acceptors (Lipinski definition) is 4. The lowest BCUT2D eigenvalue weighted by atomic mass is 10.1. The van der Waals surface area contributed by atoms with E-state index in [-0.39, 0.29) is 5.91 Å². The number of pyridine rings is 1. The number of amides is 1. The second-order valence-corrected chi connectivity index (χ2v) is 4.57. The fourth-order valence-corrected chi connectivity index (χ4v) is 1.99. The van der Waals surface area contributed by atoms with Gasteiger partial charge in [0.05, 0.1) is 7.11 Å². The minimum Gasteiger partial charge on any atom is -0.496 e. The van der Waals surface area contributed by atoms with E-state index in [2.05, 4.69) is 10.3 Å². The van der Waals surface area contributed by atoms with Crippen molar-refractivity contribution in [3.05, 3.63) is 59.4 Å². The highest BCUT2D eigenvalue weighted by molar-refractivity contribution is 5.92. The average Bonchev–Trinajstić information content (AvgIpc) is 2.55. The van der Waals surface area contributed by atoms with Crippen LogP contribution in [0, 0.1) is 0 Å². The number of nitrogens with one attached hydrogen (secondary N) is 1.